The van der Waals surface area contributed by atoms with Crippen molar-refractivity contribution in [3.63, 3.8) is 0 Å². The lowest BCUT2D eigenvalue weighted by Gasteiger charge is -2.18. The van der Waals surface area contributed by atoms with Gasteiger partial charge in [0.2, 0.25) is 0 Å². The van der Waals surface area contributed by atoms with Crippen LogP contribution >= 0.6 is 0 Å². The largest absolute Gasteiger partial charge is 0.505 e. The first kappa shape index (κ1) is 9.00. The molecular weight excluding hydrogens is 157 g/mol. The summed E-state index contributed by atoms with van der Waals surface area (Å²) in [6.45, 7) is 3.55. The molecule has 12 heavy (non-hydrogen) atoms. The molecule has 0 radical (unpaired) electrons. The summed E-state index contributed by atoms with van der Waals surface area (Å²) in [5, 5.41) is 8.89. The van der Waals surface area contributed by atoms with Crippen molar-refractivity contribution < 1.29 is 9.50 Å². The second-order valence-corrected chi connectivity index (χ2v) is 3.39. The van der Waals surface area contributed by atoms with E-state index in [2.05, 4.69) is 0 Å². The summed E-state index contributed by atoms with van der Waals surface area (Å²) >= 11 is 0. The summed E-state index contributed by atoms with van der Waals surface area (Å²) in [4.78, 5) is 0. The number of hydrogen-bond donors (Lipinski definition) is 2. The minimum absolute atomic E-state index is 0.344. The van der Waals surface area contributed by atoms with E-state index >= 15 is 0 Å². The minimum Gasteiger partial charge on any atom is -0.505 e. The Bertz CT molecular complexity index is 291. The molecule has 0 spiro atoms. The summed E-state index contributed by atoms with van der Waals surface area (Å²) in [6.07, 6.45) is 0. The highest BCUT2D eigenvalue weighted by Crippen LogP contribution is 2.22. The molecule has 0 bridgehead atoms. The van der Waals surface area contributed by atoms with E-state index in [9.17, 15) is 4.39 Å². The number of benzene rings is 1. The van der Waals surface area contributed by atoms with E-state index in [1.807, 2.05) is 0 Å². The van der Waals surface area contributed by atoms with Gasteiger partial charge in [-0.2, -0.15) is 0 Å². The molecular formula is C9H12FNO. The molecule has 0 aliphatic heterocycles. The van der Waals surface area contributed by atoms with Crippen molar-refractivity contribution in [2.75, 3.05) is 0 Å². The van der Waals surface area contributed by atoms with E-state index in [1.54, 1.807) is 19.9 Å². The average molecular weight is 169 g/mol. The maximum Gasteiger partial charge on any atom is 0.165 e. The summed E-state index contributed by atoms with van der Waals surface area (Å²) < 4.78 is 12.8. The van der Waals surface area contributed by atoms with E-state index in [0.717, 1.165) is 0 Å². The van der Waals surface area contributed by atoms with Crippen LogP contribution in [0, 0.1) is 5.82 Å². The van der Waals surface area contributed by atoms with Crippen LogP contribution in [0.4, 0.5) is 4.39 Å². The molecule has 0 amide bonds. The third-order valence-corrected chi connectivity index (χ3v) is 1.69. The van der Waals surface area contributed by atoms with Gasteiger partial charge in [-0.25, -0.2) is 4.39 Å². The van der Waals surface area contributed by atoms with Gasteiger partial charge in [-0.05, 0) is 31.5 Å². The van der Waals surface area contributed by atoms with Crippen molar-refractivity contribution in [2.45, 2.75) is 19.4 Å². The first-order valence-electron chi connectivity index (χ1n) is 3.69. The zero-order chi connectivity index (χ0) is 9.35. The fraction of sp³-hybridized carbons (Fsp3) is 0.333. The van der Waals surface area contributed by atoms with Crippen LogP contribution in [0.25, 0.3) is 0 Å². The van der Waals surface area contributed by atoms with Crippen molar-refractivity contribution in [1.29, 1.82) is 0 Å². The zero-order valence-corrected chi connectivity index (χ0v) is 7.13. The summed E-state index contributed by atoms with van der Waals surface area (Å²) in [5.41, 5.74) is 5.82. The quantitative estimate of drug-likeness (QED) is 0.672. The Balaban J connectivity index is 3.14. The van der Waals surface area contributed by atoms with Gasteiger partial charge in [0.25, 0.3) is 0 Å². The molecule has 1 aromatic rings. The molecule has 0 heterocycles. The summed E-state index contributed by atoms with van der Waals surface area (Å²) in [7, 11) is 0. The van der Waals surface area contributed by atoms with Crippen LogP contribution < -0.4 is 5.73 Å². The van der Waals surface area contributed by atoms with Gasteiger partial charge in [0, 0.05) is 5.54 Å². The van der Waals surface area contributed by atoms with Crippen molar-refractivity contribution in [1.82, 2.24) is 0 Å². The summed E-state index contributed by atoms with van der Waals surface area (Å²) in [5.74, 6) is -0.978. The molecule has 0 saturated carbocycles. The van der Waals surface area contributed by atoms with Gasteiger partial charge in [0.05, 0.1) is 0 Å². The molecule has 0 aliphatic rings. The van der Waals surface area contributed by atoms with Gasteiger partial charge in [-0.3, -0.25) is 0 Å². The highest BCUT2D eigenvalue weighted by atomic mass is 19.1. The van der Waals surface area contributed by atoms with Gasteiger partial charge in [-0.1, -0.05) is 6.07 Å². The number of halogens is 1. The maximum atomic E-state index is 12.8. The van der Waals surface area contributed by atoms with Crippen LogP contribution in [-0.4, -0.2) is 5.11 Å². The Morgan fingerprint density at radius 2 is 2.00 bits per heavy atom. The smallest absolute Gasteiger partial charge is 0.165 e. The Morgan fingerprint density at radius 3 is 2.42 bits per heavy atom. The highest BCUT2D eigenvalue weighted by Gasteiger charge is 2.15. The fourth-order valence-corrected chi connectivity index (χ4v) is 0.908. The molecule has 3 heteroatoms. The molecule has 3 N–H and O–H groups in total. The van der Waals surface area contributed by atoms with Crippen LogP contribution in [0.1, 0.15) is 19.4 Å². The van der Waals surface area contributed by atoms with Gasteiger partial charge < -0.3 is 10.8 Å². The Morgan fingerprint density at radius 1 is 1.42 bits per heavy atom. The van der Waals surface area contributed by atoms with Crippen LogP contribution in [0.3, 0.4) is 0 Å². The monoisotopic (exact) mass is 169 g/mol. The fourth-order valence-electron chi connectivity index (χ4n) is 0.908. The first-order valence-corrected chi connectivity index (χ1v) is 3.69. The van der Waals surface area contributed by atoms with Crippen LogP contribution in [-0.2, 0) is 5.54 Å². The molecule has 1 rings (SSSR count). The van der Waals surface area contributed by atoms with Crippen LogP contribution in [0.2, 0.25) is 0 Å². The second kappa shape index (κ2) is 2.75. The lowest BCUT2D eigenvalue weighted by Crippen LogP contribution is -2.28. The van der Waals surface area contributed by atoms with Gasteiger partial charge >= 0.3 is 0 Å². The van der Waals surface area contributed by atoms with Gasteiger partial charge in [-0.15, -0.1) is 0 Å². The van der Waals surface area contributed by atoms with E-state index in [0.29, 0.717) is 5.56 Å². The van der Waals surface area contributed by atoms with Crippen molar-refractivity contribution >= 4 is 0 Å². The number of aromatic hydroxyl groups is 1. The molecule has 0 saturated heterocycles. The van der Waals surface area contributed by atoms with E-state index in [-0.39, 0.29) is 5.75 Å². The third kappa shape index (κ3) is 1.74. The Labute approximate surface area is 70.8 Å². The zero-order valence-electron chi connectivity index (χ0n) is 7.13. The minimum atomic E-state index is -0.633. The highest BCUT2D eigenvalue weighted by molar-refractivity contribution is 5.31. The molecule has 0 atom stereocenters. The van der Waals surface area contributed by atoms with E-state index in [1.165, 1.54) is 12.1 Å². The van der Waals surface area contributed by atoms with Gasteiger partial charge in [0.15, 0.2) is 11.6 Å². The predicted molar refractivity (Wildman–Crippen MR) is 45.3 cm³/mol. The molecule has 0 aliphatic carbocycles. The molecule has 0 aromatic heterocycles. The number of hydrogen-bond acceptors (Lipinski definition) is 2. The van der Waals surface area contributed by atoms with E-state index < -0.39 is 11.4 Å². The Kier molecular flexibility index (Phi) is 2.06. The van der Waals surface area contributed by atoms with Crippen LogP contribution in [0.15, 0.2) is 18.2 Å². The maximum absolute atomic E-state index is 12.8. The second-order valence-electron chi connectivity index (χ2n) is 3.39. The number of nitrogens with two attached hydrogens (primary N) is 1. The van der Waals surface area contributed by atoms with Crippen LogP contribution in [0.5, 0.6) is 5.75 Å². The topological polar surface area (TPSA) is 46.2 Å². The molecule has 66 valence electrons. The molecule has 1 aromatic carbocycles. The number of rotatable bonds is 1. The van der Waals surface area contributed by atoms with E-state index in [4.69, 9.17) is 10.8 Å². The third-order valence-electron chi connectivity index (χ3n) is 1.69. The molecule has 0 fully saturated rings. The molecule has 0 unspecified atom stereocenters. The van der Waals surface area contributed by atoms with Crippen molar-refractivity contribution in [3.8, 4) is 5.75 Å². The first-order chi connectivity index (χ1) is 5.41. The predicted octanol–water partition coefficient (Wildman–Crippen LogP) is 1.73. The number of phenolic OH excluding ortho intramolecular Hbond substituents is 1. The lowest BCUT2D eigenvalue weighted by atomic mass is 9.96. The lowest BCUT2D eigenvalue weighted by molar-refractivity contribution is 0.429. The number of phenols is 1. The van der Waals surface area contributed by atoms with Gasteiger partial charge in [0.1, 0.15) is 0 Å². The normalized spacial score (nSPS) is 11.7. The van der Waals surface area contributed by atoms with Crippen molar-refractivity contribution in [2.24, 2.45) is 5.73 Å². The standard InChI is InChI=1S/C9H12FNO/c1-9(2,11)6-3-4-8(12)7(10)5-6/h3-5,12H,11H2,1-2H3. The molecule has 2 nitrogen and oxygen atoms in total. The SMILES string of the molecule is CC(C)(N)c1ccc(O)c(F)c1. The summed E-state index contributed by atoms with van der Waals surface area (Å²) in [6, 6.07) is 4.16. The van der Waals surface area contributed by atoms with Crippen molar-refractivity contribution in [3.05, 3.63) is 29.6 Å². The average Bonchev–Trinajstić information content (AvgIpc) is 1.92. The Hall–Kier alpha value is -1.09.